The standard InChI is InChI=1S/C20H20N2O2S/c1-2-21-20(24)17-5-3-4-15(11-17)13-22-19(23)12-14-6-7-18-16(10-14)8-9-25-18/h3-11H,2,12-13H2,1H3,(H,21,24)(H,22,23). The molecule has 0 bridgehead atoms. The van der Waals surface area contributed by atoms with Gasteiger partial charge in [-0.15, -0.1) is 11.3 Å². The van der Waals surface area contributed by atoms with E-state index in [0.29, 0.717) is 25.1 Å². The van der Waals surface area contributed by atoms with Gasteiger partial charge in [-0.2, -0.15) is 0 Å². The van der Waals surface area contributed by atoms with Gasteiger partial charge in [-0.25, -0.2) is 0 Å². The lowest BCUT2D eigenvalue weighted by atomic mass is 10.1. The molecule has 0 radical (unpaired) electrons. The molecular formula is C20H20N2O2S. The largest absolute Gasteiger partial charge is 0.352 e. The molecule has 1 aromatic heterocycles. The summed E-state index contributed by atoms with van der Waals surface area (Å²) in [6.07, 6.45) is 0.349. The second-order valence-electron chi connectivity index (χ2n) is 5.81. The first kappa shape index (κ1) is 17.2. The summed E-state index contributed by atoms with van der Waals surface area (Å²) < 4.78 is 1.23. The Labute approximate surface area is 150 Å². The van der Waals surface area contributed by atoms with Crippen molar-refractivity contribution in [1.82, 2.24) is 10.6 Å². The van der Waals surface area contributed by atoms with Gasteiger partial charge in [-0.05, 0) is 59.1 Å². The number of nitrogens with one attached hydrogen (secondary N) is 2. The molecule has 0 aliphatic heterocycles. The van der Waals surface area contributed by atoms with E-state index in [9.17, 15) is 9.59 Å². The van der Waals surface area contributed by atoms with Crippen molar-refractivity contribution in [3.63, 3.8) is 0 Å². The van der Waals surface area contributed by atoms with Gasteiger partial charge in [-0.3, -0.25) is 9.59 Å². The molecule has 0 saturated heterocycles. The Morgan fingerprint density at radius 1 is 1.00 bits per heavy atom. The molecule has 5 heteroatoms. The lowest BCUT2D eigenvalue weighted by Crippen LogP contribution is -2.25. The molecule has 2 aromatic carbocycles. The molecule has 2 amide bonds. The number of carbonyl (C=O) groups excluding carboxylic acids is 2. The first-order valence-electron chi connectivity index (χ1n) is 8.25. The monoisotopic (exact) mass is 352 g/mol. The van der Waals surface area contributed by atoms with E-state index in [4.69, 9.17) is 0 Å². The van der Waals surface area contributed by atoms with E-state index in [1.165, 1.54) is 10.1 Å². The topological polar surface area (TPSA) is 58.2 Å². The van der Waals surface area contributed by atoms with E-state index < -0.39 is 0 Å². The number of hydrogen-bond donors (Lipinski definition) is 2. The fourth-order valence-corrected chi connectivity index (χ4v) is 3.43. The van der Waals surface area contributed by atoms with Crippen molar-refractivity contribution in [3.8, 4) is 0 Å². The molecule has 0 unspecified atom stereocenters. The fourth-order valence-electron chi connectivity index (χ4n) is 2.66. The Morgan fingerprint density at radius 3 is 2.72 bits per heavy atom. The average molecular weight is 352 g/mol. The predicted molar refractivity (Wildman–Crippen MR) is 102 cm³/mol. The van der Waals surface area contributed by atoms with E-state index in [0.717, 1.165) is 11.1 Å². The third-order valence-electron chi connectivity index (χ3n) is 3.90. The first-order chi connectivity index (χ1) is 12.2. The summed E-state index contributed by atoms with van der Waals surface area (Å²) >= 11 is 1.70. The van der Waals surface area contributed by atoms with Gasteiger partial charge in [0.2, 0.25) is 5.91 Å². The van der Waals surface area contributed by atoms with E-state index in [2.05, 4.69) is 34.2 Å². The van der Waals surface area contributed by atoms with Crippen LogP contribution in [0.3, 0.4) is 0 Å². The van der Waals surface area contributed by atoms with Crippen molar-refractivity contribution in [2.45, 2.75) is 19.9 Å². The number of hydrogen-bond acceptors (Lipinski definition) is 3. The van der Waals surface area contributed by atoms with Crippen molar-refractivity contribution in [1.29, 1.82) is 0 Å². The third-order valence-corrected chi connectivity index (χ3v) is 4.80. The second-order valence-corrected chi connectivity index (χ2v) is 6.75. The van der Waals surface area contributed by atoms with Crippen LogP contribution in [0.25, 0.3) is 10.1 Å². The third kappa shape index (κ3) is 4.45. The Hall–Kier alpha value is -2.66. The Kier molecular flexibility index (Phi) is 5.46. The van der Waals surface area contributed by atoms with Gasteiger partial charge in [0.1, 0.15) is 0 Å². The van der Waals surface area contributed by atoms with Crippen molar-refractivity contribution in [2.75, 3.05) is 6.54 Å². The Morgan fingerprint density at radius 2 is 1.88 bits per heavy atom. The molecule has 2 N–H and O–H groups in total. The molecule has 0 saturated carbocycles. The quantitative estimate of drug-likeness (QED) is 0.713. The molecule has 0 atom stereocenters. The lowest BCUT2D eigenvalue weighted by Gasteiger charge is -2.08. The molecule has 1 heterocycles. The highest BCUT2D eigenvalue weighted by Gasteiger charge is 2.07. The Bertz CT molecular complexity index is 901. The van der Waals surface area contributed by atoms with Crippen LogP contribution >= 0.6 is 11.3 Å². The van der Waals surface area contributed by atoms with Crippen LogP contribution in [-0.2, 0) is 17.8 Å². The summed E-state index contributed by atoms with van der Waals surface area (Å²) in [4.78, 5) is 24.1. The number of amides is 2. The number of rotatable bonds is 6. The number of benzene rings is 2. The van der Waals surface area contributed by atoms with Gasteiger partial charge in [0, 0.05) is 23.4 Å². The first-order valence-corrected chi connectivity index (χ1v) is 9.13. The summed E-state index contributed by atoms with van der Waals surface area (Å²) in [5, 5.41) is 8.92. The second kappa shape index (κ2) is 7.94. The molecule has 0 spiro atoms. The summed E-state index contributed by atoms with van der Waals surface area (Å²) in [5.74, 6) is -0.127. The molecule has 0 fully saturated rings. The van der Waals surface area contributed by atoms with Gasteiger partial charge >= 0.3 is 0 Å². The lowest BCUT2D eigenvalue weighted by molar-refractivity contribution is -0.120. The van der Waals surface area contributed by atoms with Gasteiger partial charge < -0.3 is 10.6 Å². The van der Waals surface area contributed by atoms with Crippen molar-refractivity contribution in [3.05, 3.63) is 70.6 Å². The van der Waals surface area contributed by atoms with E-state index >= 15 is 0 Å². The zero-order valence-corrected chi connectivity index (χ0v) is 14.9. The average Bonchev–Trinajstić information content (AvgIpc) is 3.08. The molecule has 3 rings (SSSR count). The van der Waals surface area contributed by atoms with Crippen LogP contribution in [0.15, 0.2) is 53.9 Å². The fraction of sp³-hybridized carbons (Fsp3) is 0.200. The van der Waals surface area contributed by atoms with E-state index in [1.54, 1.807) is 17.4 Å². The summed E-state index contributed by atoms with van der Waals surface area (Å²) in [5.41, 5.74) is 2.52. The van der Waals surface area contributed by atoms with Crippen LogP contribution in [-0.4, -0.2) is 18.4 Å². The molecule has 0 aliphatic carbocycles. The van der Waals surface area contributed by atoms with Crippen LogP contribution in [0.2, 0.25) is 0 Å². The summed E-state index contributed by atoms with van der Waals surface area (Å²) in [6.45, 7) is 2.89. The van der Waals surface area contributed by atoms with E-state index in [1.807, 2.05) is 31.2 Å². The van der Waals surface area contributed by atoms with Crippen LogP contribution in [0, 0.1) is 0 Å². The van der Waals surface area contributed by atoms with Crippen LogP contribution < -0.4 is 10.6 Å². The summed E-state index contributed by atoms with van der Waals surface area (Å²) in [6, 6.07) is 15.5. The SMILES string of the molecule is CCNC(=O)c1cccc(CNC(=O)Cc2ccc3sccc3c2)c1. The van der Waals surface area contributed by atoms with Gasteiger partial charge in [0.25, 0.3) is 5.91 Å². The number of carbonyl (C=O) groups is 2. The maximum absolute atomic E-state index is 12.2. The van der Waals surface area contributed by atoms with E-state index in [-0.39, 0.29) is 11.8 Å². The Balaban J connectivity index is 1.58. The smallest absolute Gasteiger partial charge is 0.251 e. The van der Waals surface area contributed by atoms with Crippen molar-refractivity contribution in [2.24, 2.45) is 0 Å². The van der Waals surface area contributed by atoms with Crippen molar-refractivity contribution >= 4 is 33.2 Å². The van der Waals surface area contributed by atoms with Gasteiger partial charge in [0.15, 0.2) is 0 Å². The number of fused-ring (bicyclic) bond motifs is 1. The van der Waals surface area contributed by atoms with Crippen LogP contribution in [0.5, 0.6) is 0 Å². The zero-order chi connectivity index (χ0) is 17.6. The molecule has 25 heavy (non-hydrogen) atoms. The molecule has 0 aliphatic rings. The minimum absolute atomic E-state index is 0.0296. The molecule has 3 aromatic rings. The number of thiophene rings is 1. The minimum atomic E-state index is -0.0975. The normalized spacial score (nSPS) is 10.6. The highest BCUT2D eigenvalue weighted by Crippen LogP contribution is 2.21. The maximum Gasteiger partial charge on any atom is 0.251 e. The highest BCUT2D eigenvalue weighted by molar-refractivity contribution is 7.17. The van der Waals surface area contributed by atoms with Crippen molar-refractivity contribution < 1.29 is 9.59 Å². The van der Waals surface area contributed by atoms with Crippen LogP contribution in [0.4, 0.5) is 0 Å². The molecule has 4 nitrogen and oxygen atoms in total. The van der Waals surface area contributed by atoms with Crippen LogP contribution in [0.1, 0.15) is 28.4 Å². The van der Waals surface area contributed by atoms with Gasteiger partial charge in [0.05, 0.1) is 6.42 Å². The molecule has 128 valence electrons. The minimum Gasteiger partial charge on any atom is -0.352 e. The summed E-state index contributed by atoms with van der Waals surface area (Å²) in [7, 11) is 0. The maximum atomic E-state index is 12.2. The predicted octanol–water partition coefficient (Wildman–Crippen LogP) is 3.51. The molecular weight excluding hydrogens is 332 g/mol. The van der Waals surface area contributed by atoms with Gasteiger partial charge in [-0.1, -0.05) is 18.2 Å². The zero-order valence-electron chi connectivity index (χ0n) is 14.0. The highest BCUT2D eigenvalue weighted by atomic mass is 32.1.